The monoisotopic (exact) mass is 551 g/mol. The predicted molar refractivity (Wildman–Crippen MR) is 160 cm³/mol. The number of amides is 3. The lowest BCUT2D eigenvalue weighted by Crippen LogP contribution is -2.50. The summed E-state index contributed by atoms with van der Waals surface area (Å²) >= 11 is 0. The number of benzene rings is 4. The molecule has 4 N–H and O–H groups in total. The van der Waals surface area contributed by atoms with Crippen LogP contribution in [-0.2, 0) is 33.6 Å². The van der Waals surface area contributed by atoms with Crippen LogP contribution in [0.4, 0.5) is 0 Å². The van der Waals surface area contributed by atoms with Crippen LogP contribution in [-0.4, -0.2) is 35.5 Å². The quantitative estimate of drug-likeness (QED) is 0.134. The highest BCUT2D eigenvalue weighted by Gasteiger charge is 2.27. The summed E-state index contributed by atoms with van der Waals surface area (Å²) in [5, 5.41) is 17.3. The van der Waals surface area contributed by atoms with Gasteiger partial charge in [0.1, 0.15) is 6.04 Å². The third-order valence-electron chi connectivity index (χ3n) is 7.23. The fourth-order valence-corrected chi connectivity index (χ4v) is 4.99. The Hall–Kier alpha value is -4.49. The first kappa shape index (κ1) is 29.5. The number of carbonyl (C=O) groups excluding carboxylic acids is 3. The molecule has 4 aromatic carbocycles. The number of aryl methyl sites for hydroxylation is 1. The fourth-order valence-electron chi connectivity index (χ4n) is 4.99. The van der Waals surface area contributed by atoms with E-state index in [0.29, 0.717) is 32.2 Å². The van der Waals surface area contributed by atoms with E-state index in [1.165, 1.54) is 5.39 Å². The smallest absolute Gasteiger partial charge is 0.244 e. The largest absolute Gasteiger partial charge is 0.354 e. The van der Waals surface area contributed by atoms with Crippen LogP contribution < -0.4 is 16.1 Å². The van der Waals surface area contributed by atoms with Crippen molar-refractivity contribution < 1.29 is 19.6 Å². The Kier molecular flexibility index (Phi) is 11.0. The summed E-state index contributed by atoms with van der Waals surface area (Å²) in [5.41, 5.74) is 4.81. The van der Waals surface area contributed by atoms with Gasteiger partial charge >= 0.3 is 0 Å². The molecule has 7 heteroatoms. The fraction of sp³-hybridized carbons (Fsp3) is 0.265. The van der Waals surface area contributed by atoms with Gasteiger partial charge in [-0.15, -0.1) is 0 Å². The van der Waals surface area contributed by atoms with Crippen molar-refractivity contribution in [3.05, 3.63) is 120 Å². The van der Waals surface area contributed by atoms with Gasteiger partial charge in [-0.1, -0.05) is 103 Å². The number of nitrogens with one attached hydrogen (secondary N) is 3. The Labute approximate surface area is 240 Å². The van der Waals surface area contributed by atoms with Crippen molar-refractivity contribution >= 4 is 28.5 Å². The molecule has 212 valence electrons. The summed E-state index contributed by atoms with van der Waals surface area (Å²) in [6.07, 6.45) is 2.66. The second-order valence-corrected chi connectivity index (χ2v) is 10.3. The molecule has 0 saturated carbocycles. The predicted octanol–water partition coefficient (Wildman–Crippen LogP) is 4.76. The zero-order chi connectivity index (χ0) is 28.9. The lowest BCUT2D eigenvalue weighted by atomic mass is 9.94. The molecule has 0 heterocycles. The minimum absolute atomic E-state index is 0.173. The minimum atomic E-state index is -0.805. The number of rotatable bonds is 14. The first-order valence-electron chi connectivity index (χ1n) is 14.1. The molecular formula is C34H37N3O4. The maximum atomic E-state index is 13.5. The molecule has 0 aliphatic carbocycles. The zero-order valence-corrected chi connectivity index (χ0v) is 23.1. The van der Waals surface area contributed by atoms with Gasteiger partial charge in [0.15, 0.2) is 0 Å². The van der Waals surface area contributed by atoms with Gasteiger partial charge in [0.2, 0.25) is 17.7 Å². The Bertz CT molecular complexity index is 1430. The number of carbonyl (C=O) groups is 3. The third-order valence-corrected chi connectivity index (χ3v) is 7.23. The van der Waals surface area contributed by atoms with Crippen LogP contribution in [0.1, 0.15) is 36.0 Å². The highest BCUT2D eigenvalue weighted by molar-refractivity contribution is 5.90. The van der Waals surface area contributed by atoms with Crippen LogP contribution in [0, 0.1) is 5.92 Å². The molecular weight excluding hydrogens is 514 g/mol. The van der Waals surface area contributed by atoms with Gasteiger partial charge in [-0.2, -0.15) is 0 Å². The van der Waals surface area contributed by atoms with E-state index in [1.807, 2.05) is 72.8 Å². The van der Waals surface area contributed by atoms with Crippen molar-refractivity contribution in [1.82, 2.24) is 16.1 Å². The maximum absolute atomic E-state index is 13.5. The molecule has 41 heavy (non-hydrogen) atoms. The molecule has 4 aromatic rings. The Morgan fingerprint density at radius 2 is 1.34 bits per heavy atom. The molecule has 0 fully saturated rings. The van der Waals surface area contributed by atoms with Crippen LogP contribution >= 0.6 is 0 Å². The van der Waals surface area contributed by atoms with Gasteiger partial charge in [-0.3, -0.25) is 19.6 Å². The van der Waals surface area contributed by atoms with Crippen molar-refractivity contribution in [2.45, 2.75) is 44.6 Å². The van der Waals surface area contributed by atoms with Gasteiger partial charge in [0.25, 0.3) is 0 Å². The molecule has 7 nitrogen and oxygen atoms in total. The molecule has 0 aliphatic rings. The topological polar surface area (TPSA) is 108 Å². The van der Waals surface area contributed by atoms with E-state index in [0.717, 1.165) is 28.5 Å². The lowest BCUT2D eigenvalue weighted by molar-refractivity contribution is -0.136. The second-order valence-electron chi connectivity index (χ2n) is 10.3. The van der Waals surface area contributed by atoms with Crippen molar-refractivity contribution in [2.24, 2.45) is 5.92 Å². The molecule has 0 radical (unpaired) electrons. The molecule has 0 spiro atoms. The van der Waals surface area contributed by atoms with Crippen LogP contribution in [0.2, 0.25) is 0 Å². The van der Waals surface area contributed by atoms with Crippen LogP contribution in [0.3, 0.4) is 0 Å². The maximum Gasteiger partial charge on any atom is 0.244 e. The lowest BCUT2D eigenvalue weighted by Gasteiger charge is -2.22. The number of hydroxylamine groups is 1. The van der Waals surface area contributed by atoms with E-state index < -0.39 is 17.9 Å². The van der Waals surface area contributed by atoms with Crippen LogP contribution in [0.15, 0.2) is 103 Å². The highest BCUT2D eigenvalue weighted by atomic mass is 16.5. The molecule has 3 amide bonds. The summed E-state index contributed by atoms with van der Waals surface area (Å²) in [7, 11) is 0. The minimum Gasteiger partial charge on any atom is -0.354 e. The Morgan fingerprint density at radius 1 is 0.683 bits per heavy atom. The third kappa shape index (κ3) is 9.29. The first-order valence-corrected chi connectivity index (χ1v) is 14.1. The molecule has 2 atom stereocenters. The molecule has 0 unspecified atom stereocenters. The molecule has 4 rings (SSSR count). The van der Waals surface area contributed by atoms with Crippen molar-refractivity contribution in [3.8, 4) is 0 Å². The van der Waals surface area contributed by atoms with E-state index in [2.05, 4.69) is 41.0 Å². The standard InChI is InChI=1S/C34H37N3O4/c38-32(37-41)24-30(17-9-14-27-18-19-28-15-7-8-16-29(28)22-27)33(39)36-31(23-26-12-5-2-6-13-26)34(40)35-21-20-25-10-3-1-4-11-25/h1-8,10-13,15-16,18-19,22,30-31,41H,9,14,17,20-21,23-24H2,(H,35,40)(H,36,39)(H,37,38)/t30-,31+/m1/s1. The van der Waals surface area contributed by atoms with Gasteiger partial charge in [-0.25, -0.2) is 5.48 Å². The van der Waals surface area contributed by atoms with Crippen molar-refractivity contribution in [1.29, 1.82) is 0 Å². The van der Waals surface area contributed by atoms with E-state index in [9.17, 15) is 14.4 Å². The SMILES string of the molecule is O=C(C[C@@H](CCCc1ccc2ccccc2c1)C(=O)N[C@@H](Cc1ccccc1)C(=O)NCCc1ccccc1)NO. The molecule has 0 saturated heterocycles. The first-order chi connectivity index (χ1) is 20.0. The van der Waals surface area contributed by atoms with Crippen molar-refractivity contribution in [2.75, 3.05) is 6.54 Å². The Balaban J connectivity index is 1.40. The average Bonchev–Trinajstić information content (AvgIpc) is 3.01. The summed E-state index contributed by atoms with van der Waals surface area (Å²) in [6, 6.07) is 33.0. The molecule has 0 aromatic heterocycles. The van der Waals surface area contributed by atoms with Crippen LogP contribution in [0.25, 0.3) is 10.8 Å². The van der Waals surface area contributed by atoms with Gasteiger partial charge in [0, 0.05) is 25.3 Å². The van der Waals surface area contributed by atoms with Crippen molar-refractivity contribution in [3.63, 3.8) is 0 Å². The summed E-state index contributed by atoms with van der Waals surface area (Å²) in [5.74, 6) is -1.99. The summed E-state index contributed by atoms with van der Waals surface area (Å²) in [4.78, 5) is 38.8. The molecule has 0 aliphatic heterocycles. The van der Waals surface area contributed by atoms with E-state index >= 15 is 0 Å². The highest BCUT2D eigenvalue weighted by Crippen LogP contribution is 2.20. The van der Waals surface area contributed by atoms with Gasteiger partial charge < -0.3 is 10.6 Å². The Morgan fingerprint density at radius 3 is 2.05 bits per heavy atom. The van der Waals surface area contributed by atoms with Gasteiger partial charge in [-0.05, 0) is 53.1 Å². The summed E-state index contributed by atoms with van der Waals surface area (Å²) < 4.78 is 0. The second kappa shape index (κ2) is 15.3. The summed E-state index contributed by atoms with van der Waals surface area (Å²) in [6.45, 7) is 0.437. The number of hydrogen-bond acceptors (Lipinski definition) is 4. The zero-order valence-electron chi connectivity index (χ0n) is 23.1. The van der Waals surface area contributed by atoms with Crippen LogP contribution in [0.5, 0.6) is 0 Å². The number of fused-ring (bicyclic) bond motifs is 1. The van der Waals surface area contributed by atoms with E-state index in [1.54, 1.807) is 5.48 Å². The molecule has 0 bridgehead atoms. The van der Waals surface area contributed by atoms with E-state index in [-0.39, 0.29) is 18.2 Å². The van der Waals surface area contributed by atoms with E-state index in [4.69, 9.17) is 5.21 Å². The normalized spacial score (nSPS) is 12.3. The average molecular weight is 552 g/mol. The number of hydrogen-bond donors (Lipinski definition) is 4. The van der Waals surface area contributed by atoms with Gasteiger partial charge in [0.05, 0.1) is 0 Å².